The molecule has 0 radical (unpaired) electrons. The van der Waals surface area contributed by atoms with Crippen molar-refractivity contribution in [3.63, 3.8) is 0 Å². The zero-order valence-electron chi connectivity index (χ0n) is 8.49. The molecule has 92 valence electrons. The van der Waals surface area contributed by atoms with Crippen molar-refractivity contribution >= 4 is 11.3 Å². The van der Waals surface area contributed by atoms with Gasteiger partial charge in [0.1, 0.15) is 6.26 Å². The Hall–Kier alpha value is -1.41. The van der Waals surface area contributed by atoms with Gasteiger partial charge in [-0.05, 0) is 0 Å². The average molecular weight is 263 g/mol. The predicted octanol–water partition coefficient (Wildman–Crippen LogP) is 2.44. The van der Waals surface area contributed by atoms with Gasteiger partial charge >= 0.3 is 6.18 Å². The average Bonchev–Trinajstić information content (AvgIpc) is 2.86. The summed E-state index contributed by atoms with van der Waals surface area (Å²) in [4.78, 5) is 7.35. The topological polar surface area (TPSA) is 51.0 Å². The largest absolute Gasteiger partial charge is 0.451 e. The first-order chi connectivity index (χ1) is 8.05. The highest BCUT2D eigenvalue weighted by Gasteiger charge is 2.34. The lowest BCUT2D eigenvalue weighted by atomic mass is 10.4. The monoisotopic (exact) mass is 263 g/mol. The molecule has 0 spiro atoms. The summed E-state index contributed by atoms with van der Waals surface area (Å²) in [5.74, 6) is 0. The van der Waals surface area contributed by atoms with E-state index in [1.165, 1.54) is 18.0 Å². The van der Waals surface area contributed by atoms with Gasteiger partial charge in [-0.25, -0.2) is 9.97 Å². The zero-order chi connectivity index (χ0) is 12.3. The van der Waals surface area contributed by atoms with Crippen LogP contribution in [0.25, 0.3) is 0 Å². The van der Waals surface area contributed by atoms with Crippen LogP contribution in [-0.4, -0.2) is 9.97 Å². The van der Waals surface area contributed by atoms with Crippen LogP contribution in [0.5, 0.6) is 0 Å². The summed E-state index contributed by atoms with van der Waals surface area (Å²) in [6.45, 7) is 0.689. The molecule has 0 atom stereocenters. The van der Waals surface area contributed by atoms with Crippen LogP contribution in [0, 0.1) is 0 Å². The molecule has 2 aromatic rings. The maximum Gasteiger partial charge on any atom is 0.443 e. The molecule has 0 aliphatic carbocycles. The quantitative estimate of drug-likeness (QED) is 0.920. The van der Waals surface area contributed by atoms with Gasteiger partial charge in [-0.15, -0.1) is 11.3 Å². The Bertz CT molecular complexity index is 466. The minimum absolute atomic E-state index is 0.263. The van der Waals surface area contributed by atoms with Crippen LogP contribution in [0.4, 0.5) is 13.2 Å². The summed E-state index contributed by atoms with van der Waals surface area (Å²) in [5.41, 5.74) is 1.06. The Labute approximate surface area is 98.5 Å². The van der Waals surface area contributed by atoms with E-state index in [0.29, 0.717) is 29.3 Å². The van der Waals surface area contributed by atoms with Gasteiger partial charge in [0.15, 0.2) is 11.4 Å². The molecule has 17 heavy (non-hydrogen) atoms. The molecule has 4 nitrogen and oxygen atoms in total. The Morgan fingerprint density at radius 1 is 1.29 bits per heavy atom. The fourth-order valence-electron chi connectivity index (χ4n) is 1.16. The Morgan fingerprint density at radius 2 is 2.06 bits per heavy atom. The third-order valence-electron chi connectivity index (χ3n) is 1.89. The van der Waals surface area contributed by atoms with Crippen LogP contribution < -0.4 is 5.32 Å². The molecule has 0 saturated heterocycles. The molecule has 0 bridgehead atoms. The van der Waals surface area contributed by atoms with Crippen LogP contribution >= 0.6 is 11.3 Å². The molecule has 2 aromatic heterocycles. The van der Waals surface area contributed by atoms with Crippen molar-refractivity contribution in [3.8, 4) is 0 Å². The highest BCUT2D eigenvalue weighted by atomic mass is 32.1. The SMILES string of the molecule is FC(F)(F)c1nc(CNCc2cocn2)cs1. The summed E-state index contributed by atoms with van der Waals surface area (Å²) in [6.07, 6.45) is -1.61. The normalized spacial score (nSPS) is 11.9. The van der Waals surface area contributed by atoms with E-state index in [4.69, 9.17) is 4.42 Å². The molecule has 0 aliphatic heterocycles. The van der Waals surface area contributed by atoms with Crippen molar-refractivity contribution in [1.29, 1.82) is 0 Å². The number of halogens is 3. The number of hydrogen-bond donors (Lipinski definition) is 1. The minimum atomic E-state index is -4.37. The van der Waals surface area contributed by atoms with Crippen molar-refractivity contribution in [2.24, 2.45) is 0 Å². The van der Waals surface area contributed by atoms with Crippen molar-refractivity contribution in [1.82, 2.24) is 15.3 Å². The molecule has 0 amide bonds. The van der Waals surface area contributed by atoms with Gasteiger partial charge in [0.05, 0.1) is 11.4 Å². The summed E-state index contributed by atoms with van der Waals surface area (Å²) in [7, 11) is 0. The van der Waals surface area contributed by atoms with Crippen LogP contribution in [0.3, 0.4) is 0 Å². The highest BCUT2D eigenvalue weighted by Crippen LogP contribution is 2.31. The van der Waals surface area contributed by atoms with Crippen molar-refractivity contribution in [3.05, 3.63) is 34.4 Å². The third kappa shape index (κ3) is 3.27. The summed E-state index contributed by atoms with van der Waals surface area (Å²) in [5, 5.41) is 3.49. The van der Waals surface area contributed by atoms with E-state index < -0.39 is 11.2 Å². The molecule has 2 rings (SSSR count). The molecular weight excluding hydrogens is 255 g/mol. The molecule has 0 aromatic carbocycles. The van der Waals surface area contributed by atoms with E-state index in [-0.39, 0.29) is 6.54 Å². The van der Waals surface area contributed by atoms with Crippen LogP contribution in [0.2, 0.25) is 0 Å². The second-order valence-corrected chi connectivity index (χ2v) is 4.08. The maximum atomic E-state index is 12.3. The number of nitrogens with one attached hydrogen (secondary N) is 1. The predicted molar refractivity (Wildman–Crippen MR) is 54.2 cm³/mol. The lowest BCUT2D eigenvalue weighted by Crippen LogP contribution is -2.13. The highest BCUT2D eigenvalue weighted by molar-refractivity contribution is 7.09. The van der Waals surface area contributed by atoms with Gasteiger partial charge in [-0.2, -0.15) is 13.2 Å². The molecule has 1 N–H and O–H groups in total. The van der Waals surface area contributed by atoms with E-state index >= 15 is 0 Å². The number of alkyl halides is 3. The fraction of sp³-hybridized carbons (Fsp3) is 0.333. The number of aromatic nitrogens is 2. The van der Waals surface area contributed by atoms with Crippen molar-refractivity contribution < 1.29 is 17.6 Å². The first-order valence-corrected chi connectivity index (χ1v) is 5.53. The van der Waals surface area contributed by atoms with Gasteiger partial charge in [0.25, 0.3) is 0 Å². The van der Waals surface area contributed by atoms with Crippen LogP contribution in [0.1, 0.15) is 16.4 Å². The molecule has 2 heterocycles. The number of rotatable bonds is 4. The zero-order valence-corrected chi connectivity index (χ0v) is 9.31. The molecule has 0 saturated carbocycles. The molecule has 8 heteroatoms. The van der Waals surface area contributed by atoms with Gasteiger partial charge < -0.3 is 9.73 Å². The van der Waals surface area contributed by atoms with Crippen molar-refractivity contribution in [2.75, 3.05) is 0 Å². The molecular formula is C9H8F3N3OS. The third-order valence-corrected chi connectivity index (χ3v) is 2.83. The number of thiazole rings is 1. The first kappa shape index (κ1) is 12.1. The van der Waals surface area contributed by atoms with Gasteiger partial charge in [0.2, 0.25) is 0 Å². The van der Waals surface area contributed by atoms with E-state index in [0.717, 1.165) is 0 Å². The Balaban J connectivity index is 1.85. The fourth-order valence-corrected chi connectivity index (χ4v) is 1.85. The van der Waals surface area contributed by atoms with E-state index in [2.05, 4.69) is 15.3 Å². The number of hydrogen-bond acceptors (Lipinski definition) is 5. The molecule has 0 aliphatic rings. The summed E-state index contributed by atoms with van der Waals surface area (Å²) >= 11 is 0.594. The first-order valence-electron chi connectivity index (χ1n) is 4.65. The summed E-state index contributed by atoms with van der Waals surface area (Å²) < 4.78 is 41.5. The van der Waals surface area contributed by atoms with Crippen LogP contribution in [-0.2, 0) is 19.3 Å². The maximum absolute atomic E-state index is 12.3. The van der Waals surface area contributed by atoms with E-state index in [1.807, 2.05) is 0 Å². The van der Waals surface area contributed by atoms with E-state index in [9.17, 15) is 13.2 Å². The van der Waals surface area contributed by atoms with E-state index in [1.54, 1.807) is 0 Å². The number of nitrogens with zero attached hydrogens (tertiary/aromatic N) is 2. The lowest BCUT2D eigenvalue weighted by Gasteiger charge is -2.00. The van der Waals surface area contributed by atoms with Crippen LogP contribution in [0.15, 0.2) is 22.5 Å². The van der Waals surface area contributed by atoms with Gasteiger partial charge in [-0.3, -0.25) is 0 Å². The second-order valence-electron chi connectivity index (χ2n) is 3.23. The molecule has 0 unspecified atom stereocenters. The summed E-state index contributed by atoms with van der Waals surface area (Å²) in [6, 6.07) is 0. The Morgan fingerprint density at radius 3 is 2.65 bits per heavy atom. The second kappa shape index (κ2) is 4.84. The number of oxazole rings is 1. The molecule has 0 fully saturated rings. The van der Waals surface area contributed by atoms with Gasteiger partial charge in [-0.1, -0.05) is 0 Å². The van der Waals surface area contributed by atoms with Crippen molar-refractivity contribution in [2.45, 2.75) is 19.3 Å². The Kier molecular flexibility index (Phi) is 3.43. The smallest absolute Gasteiger partial charge is 0.443 e. The lowest BCUT2D eigenvalue weighted by molar-refractivity contribution is -0.137. The minimum Gasteiger partial charge on any atom is -0.451 e. The standard InChI is InChI=1S/C9H8F3N3OS/c10-9(11,12)8-15-7(4-17-8)2-13-1-6-3-16-5-14-6/h3-5,13H,1-2H2. The van der Waals surface area contributed by atoms with Gasteiger partial charge in [0, 0.05) is 18.5 Å².